The van der Waals surface area contributed by atoms with Crippen LogP contribution in [0.25, 0.3) is 0 Å². The van der Waals surface area contributed by atoms with Gasteiger partial charge in [-0.3, -0.25) is 4.57 Å². The number of halogens is 1. The number of hydrogen-bond acceptors (Lipinski definition) is 5. The first-order chi connectivity index (χ1) is 10.1. The third-order valence-electron chi connectivity index (χ3n) is 3.11. The predicted molar refractivity (Wildman–Crippen MR) is 74.2 cm³/mol. The molecule has 0 bridgehead atoms. The van der Waals surface area contributed by atoms with Crippen LogP contribution in [0.1, 0.15) is 24.4 Å². The zero-order chi connectivity index (χ0) is 15.0. The summed E-state index contributed by atoms with van der Waals surface area (Å²) in [5.41, 5.74) is 5.54. The summed E-state index contributed by atoms with van der Waals surface area (Å²) >= 11 is 1.16. The van der Waals surface area contributed by atoms with Crippen molar-refractivity contribution in [2.24, 2.45) is 10.9 Å². The van der Waals surface area contributed by atoms with Crippen LogP contribution in [0.4, 0.5) is 4.39 Å². The fourth-order valence-corrected chi connectivity index (χ4v) is 2.99. The molecule has 2 aromatic rings. The number of rotatable bonds is 4. The molecule has 3 rings (SSSR count). The number of nitrogens with one attached hydrogen (secondary N) is 1. The summed E-state index contributed by atoms with van der Waals surface area (Å²) in [4.78, 5) is 12.3. The normalized spacial score (nSPS) is 15.4. The zero-order valence-corrected chi connectivity index (χ0v) is 11.6. The molecule has 110 valence electrons. The Kier molecular flexibility index (Phi) is 3.42. The van der Waals surface area contributed by atoms with Gasteiger partial charge in [-0.15, -0.1) is 5.10 Å². The molecule has 1 fully saturated rings. The maximum atomic E-state index is 13.3. The molecule has 0 saturated heterocycles. The summed E-state index contributed by atoms with van der Waals surface area (Å²) in [5.74, 6) is -0.699. The first-order valence-corrected chi connectivity index (χ1v) is 7.04. The van der Waals surface area contributed by atoms with Crippen molar-refractivity contribution in [2.45, 2.75) is 28.9 Å². The smallest absolute Gasteiger partial charge is 0.344 e. The van der Waals surface area contributed by atoms with Gasteiger partial charge >= 0.3 is 5.69 Å². The highest BCUT2D eigenvalue weighted by Crippen LogP contribution is 2.38. The van der Waals surface area contributed by atoms with Crippen molar-refractivity contribution in [2.75, 3.05) is 0 Å². The van der Waals surface area contributed by atoms with Crippen molar-refractivity contribution in [3.63, 3.8) is 0 Å². The summed E-state index contributed by atoms with van der Waals surface area (Å²) in [7, 11) is 0. The van der Waals surface area contributed by atoms with E-state index >= 15 is 0 Å². The maximum Gasteiger partial charge on any atom is 0.344 e. The number of benzene rings is 1. The minimum Gasteiger partial charge on any atom is -0.409 e. The van der Waals surface area contributed by atoms with Crippen LogP contribution in [0, 0.1) is 5.82 Å². The first-order valence-electron chi connectivity index (χ1n) is 6.22. The van der Waals surface area contributed by atoms with E-state index in [4.69, 9.17) is 10.9 Å². The molecule has 0 atom stereocenters. The SMILES string of the molecule is NC(=NO)c1cc(F)ccc1Sc1n[nH]c(=O)n1C1CC1. The molecule has 9 heteroatoms. The second-order valence-electron chi connectivity index (χ2n) is 4.64. The lowest BCUT2D eigenvalue weighted by Gasteiger charge is -2.08. The molecule has 0 aliphatic heterocycles. The number of hydrogen-bond donors (Lipinski definition) is 3. The minimum absolute atomic E-state index is 0.159. The van der Waals surface area contributed by atoms with Crippen molar-refractivity contribution in [1.29, 1.82) is 0 Å². The van der Waals surface area contributed by atoms with Gasteiger partial charge in [0.1, 0.15) is 5.82 Å². The van der Waals surface area contributed by atoms with Crippen molar-refractivity contribution in [3.05, 3.63) is 40.1 Å². The Labute approximate surface area is 122 Å². The molecular formula is C12H12FN5O2S. The second-order valence-corrected chi connectivity index (χ2v) is 5.65. The quantitative estimate of drug-likeness (QED) is 0.341. The van der Waals surface area contributed by atoms with Crippen LogP contribution < -0.4 is 11.4 Å². The largest absolute Gasteiger partial charge is 0.409 e. The van der Waals surface area contributed by atoms with E-state index in [9.17, 15) is 9.18 Å². The van der Waals surface area contributed by atoms with Gasteiger partial charge < -0.3 is 10.9 Å². The third kappa shape index (κ3) is 2.64. The van der Waals surface area contributed by atoms with Crippen LogP contribution in [-0.4, -0.2) is 25.8 Å². The molecule has 1 saturated carbocycles. The number of oxime groups is 1. The number of aromatic amines is 1. The van der Waals surface area contributed by atoms with E-state index in [1.807, 2.05) is 0 Å². The Balaban J connectivity index is 2.01. The van der Waals surface area contributed by atoms with Crippen molar-refractivity contribution in [1.82, 2.24) is 14.8 Å². The molecule has 4 N–H and O–H groups in total. The lowest BCUT2D eigenvalue weighted by atomic mass is 10.2. The number of H-pyrrole nitrogens is 1. The van der Waals surface area contributed by atoms with Crippen LogP contribution in [0.15, 0.2) is 38.2 Å². The highest BCUT2D eigenvalue weighted by Gasteiger charge is 2.29. The number of aromatic nitrogens is 3. The van der Waals surface area contributed by atoms with E-state index in [0.29, 0.717) is 10.1 Å². The summed E-state index contributed by atoms with van der Waals surface area (Å²) in [6, 6.07) is 4.10. The Morgan fingerprint density at radius 2 is 2.33 bits per heavy atom. The number of nitrogens with zero attached hydrogens (tertiary/aromatic N) is 3. The average molecular weight is 309 g/mol. The van der Waals surface area contributed by atoms with Gasteiger partial charge in [0.25, 0.3) is 0 Å². The van der Waals surface area contributed by atoms with Crippen LogP contribution in [-0.2, 0) is 0 Å². The fourth-order valence-electron chi connectivity index (χ4n) is 1.96. The highest BCUT2D eigenvalue weighted by molar-refractivity contribution is 7.99. The topological polar surface area (TPSA) is 109 Å². The first kappa shape index (κ1) is 13.7. The molecule has 7 nitrogen and oxygen atoms in total. The van der Waals surface area contributed by atoms with E-state index in [2.05, 4.69) is 15.4 Å². The van der Waals surface area contributed by atoms with Gasteiger partial charge in [0.2, 0.25) is 0 Å². The van der Waals surface area contributed by atoms with E-state index < -0.39 is 5.82 Å². The zero-order valence-electron chi connectivity index (χ0n) is 10.8. The van der Waals surface area contributed by atoms with Crippen molar-refractivity contribution >= 4 is 17.6 Å². The number of nitrogens with two attached hydrogens (primary N) is 1. The van der Waals surface area contributed by atoms with Crippen LogP contribution in [0.3, 0.4) is 0 Å². The Hall–Kier alpha value is -2.29. The lowest BCUT2D eigenvalue weighted by molar-refractivity contribution is 0.318. The molecule has 0 radical (unpaired) electrons. The van der Waals surface area contributed by atoms with Gasteiger partial charge in [-0.1, -0.05) is 5.16 Å². The van der Waals surface area contributed by atoms with Gasteiger partial charge in [-0.25, -0.2) is 14.3 Å². The Morgan fingerprint density at radius 1 is 1.57 bits per heavy atom. The van der Waals surface area contributed by atoms with Gasteiger partial charge in [0.05, 0.1) is 0 Å². The molecule has 0 amide bonds. The monoisotopic (exact) mass is 309 g/mol. The predicted octanol–water partition coefficient (Wildman–Crippen LogP) is 1.29. The van der Waals surface area contributed by atoms with Crippen molar-refractivity contribution in [3.8, 4) is 0 Å². The molecule has 0 unspecified atom stereocenters. The Bertz CT molecular complexity index is 765. The maximum absolute atomic E-state index is 13.3. The summed E-state index contributed by atoms with van der Waals surface area (Å²) in [6.07, 6.45) is 1.87. The van der Waals surface area contributed by atoms with Crippen molar-refractivity contribution < 1.29 is 9.60 Å². The molecule has 1 aromatic heterocycles. The van der Waals surface area contributed by atoms with Gasteiger partial charge in [-0.2, -0.15) is 0 Å². The standard InChI is InChI=1S/C12H12FN5O2S/c13-6-1-4-9(8(5-6)10(14)17-20)21-12-16-15-11(19)18(12)7-2-3-7/h1,4-5,7,20H,2-3H2,(H2,14,17)(H,15,19). The average Bonchev–Trinajstić information content (AvgIpc) is 3.24. The lowest BCUT2D eigenvalue weighted by Crippen LogP contribution is -2.17. The fraction of sp³-hybridized carbons (Fsp3) is 0.250. The third-order valence-corrected chi connectivity index (χ3v) is 4.16. The van der Waals surface area contributed by atoms with Crippen LogP contribution in [0.5, 0.6) is 0 Å². The molecule has 1 aliphatic rings. The minimum atomic E-state index is -0.498. The van der Waals surface area contributed by atoms with Gasteiger partial charge in [0.15, 0.2) is 11.0 Å². The van der Waals surface area contributed by atoms with Gasteiger partial charge in [0, 0.05) is 16.5 Å². The summed E-state index contributed by atoms with van der Waals surface area (Å²) in [5, 5.41) is 18.5. The number of amidine groups is 1. The molecule has 1 aliphatic carbocycles. The van der Waals surface area contributed by atoms with E-state index in [-0.39, 0.29) is 23.1 Å². The molecule has 0 spiro atoms. The molecular weight excluding hydrogens is 297 g/mol. The van der Waals surface area contributed by atoms with E-state index in [1.165, 1.54) is 18.2 Å². The highest BCUT2D eigenvalue weighted by atomic mass is 32.2. The molecule has 1 aromatic carbocycles. The summed E-state index contributed by atoms with van der Waals surface area (Å²) in [6.45, 7) is 0. The molecule has 1 heterocycles. The van der Waals surface area contributed by atoms with Gasteiger partial charge in [-0.05, 0) is 42.8 Å². The van der Waals surface area contributed by atoms with Crippen LogP contribution >= 0.6 is 11.8 Å². The van der Waals surface area contributed by atoms with E-state index in [1.54, 1.807) is 4.57 Å². The van der Waals surface area contributed by atoms with Crippen LogP contribution in [0.2, 0.25) is 0 Å². The Morgan fingerprint density at radius 3 is 3.00 bits per heavy atom. The summed E-state index contributed by atoms with van der Waals surface area (Å²) < 4.78 is 14.9. The second kappa shape index (κ2) is 5.24. The van der Waals surface area contributed by atoms with E-state index in [0.717, 1.165) is 24.6 Å². The molecule has 21 heavy (non-hydrogen) atoms.